The second-order valence-electron chi connectivity index (χ2n) is 12.6. The first-order valence-electron chi connectivity index (χ1n) is 15.5. The number of nitrogens with one attached hydrogen (secondary N) is 2. The van der Waals surface area contributed by atoms with E-state index >= 15 is 0 Å². The number of amides is 2. The van der Waals surface area contributed by atoms with Crippen molar-refractivity contribution in [3.8, 4) is 0 Å². The fraction of sp³-hybridized carbons (Fsp3) is 0.562. The number of ketones is 1. The van der Waals surface area contributed by atoms with Gasteiger partial charge in [0.1, 0.15) is 5.82 Å². The van der Waals surface area contributed by atoms with Gasteiger partial charge in [-0.3, -0.25) is 14.4 Å². The fourth-order valence-corrected chi connectivity index (χ4v) is 6.74. The monoisotopic (exact) mass is 573 g/mol. The molecule has 3 aliphatic heterocycles. The van der Waals surface area contributed by atoms with E-state index in [0.717, 1.165) is 70.8 Å². The number of anilines is 2. The first-order valence-corrected chi connectivity index (χ1v) is 15.5. The van der Waals surface area contributed by atoms with Crippen LogP contribution in [-0.2, 0) is 0 Å². The van der Waals surface area contributed by atoms with Crippen LogP contribution < -0.4 is 21.3 Å². The van der Waals surface area contributed by atoms with Gasteiger partial charge in [-0.1, -0.05) is 0 Å². The van der Waals surface area contributed by atoms with E-state index < -0.39 is 5.91 Å². The van der Waals surface area contributed by atoms with E-state index in [1.54, 1.807) is 24.4 Å². The molecule has 224 valence electrons. The van der Waals surface area contributed by atoms with E-state index in [1.807, 2.05) is 12.1 Å². The maximum Gasteiger partial charge on any atom is 0.251 e. The highest BCUT2D eigenvalue weighted by Crippen LogP contribution is 2.39. The van der Waals surface area contributed by atoms with Crippen molar-refractivity contribution < 1.29 is 14.4 Å². The quantitative estimate of drug-likeness (QED) is 0.351. The molecule has 2 amide bonds. The molecule has 4 heterocycles. The number of aromatic nitrogens is 1. The smallest absolute Gasteiger partial charge is 0.251 e. The van der Waals surface area contributed by atoms with Crippen LogP contribution in [0.25, 0.3) is 0 Å². The predicted octanol–water partition coefficient (Wildman–Crippen LogP) is 2.75. The minimum absolute atomic E-state index is 0.0698. The number of piperazine rings is 1. The number of fused-ring (bicyclic) bond motifs is 2. The fourth-order valence-electron chi connectivity index (χ4n) is 6.74. The molecule has 1 saturated carbocycles. The molecule has 4 N–H and O–H groups in total. The summed E-state index contributed by atoms with van der Waals surface area (Å²) in [6.07, 6.45) is 8.46. The van der Waals surface area contributed by atoms with E-state index in [0.29, 0.717) is 46.8 Å². The molecule has 1 unspecified atom stereocenters. The number of hydrogen-bond acceptors (Lipinski definition) is 8. The number of pyridine rings is 1. The molecule has 0 spiro atoms. The molecule has 3 saturated heterocycles. The number of carbonyl (C=O) groups excluding carboxylic acids is 3. The zero-order chi connectivity index (χ0) is 29.2. The summed E-state index contributed by atoms with van der Waals surface area (Å²) in [6.45, 7) is 5.71. The highest BCUT2D eigenvalue weighted by Gasteiger charge is 2.42. The van der Waals surface area contributed by atoms with Gasteiger partial charge in [0.2, 0.25) is 0 Å². The van der Waals surface area contributed by atoms with Crippen LogP contribution in [0.4, 0.5) is 11.5 Å². The topological polar surface area (TPSA) is 124 Å². The number of benzene rings is 1. The number of rotatable bonds is 11. The summed E-state index contributed by atoms with van der Waals surface area (Å²) in [7, 11) is 2.14. The summed E-state index contributed by atoms with van der Waals surface area (Å²) in [5, 5.41) is 6.57. The van der Waals surface area contributed by atoms with Crippen LogP contribution in [0.5, 0.6) is 0 Å². The molecule has 4 fully saturated rings. The number of carbonyl (C=O) groups is 3. The Bertz CT molecular complexity index is 1290. The number of likely N-dealkylation sites (N-methyl/N-ethyl adjacent to an activating group) is 1. The average Bonchev–Trinajstić information content (AvgIpc) is 3.78. The lowest BCUT2D eigenvalue weighted by Gasteiger charge is -2.40. The van der Waals surface area contributed by atoms with Crippen LogP contribution in [0.2, 0.25) is 0 Å². The normalized spacial score (nSPS) is 24.4. The van der Waals surface area contributed by atoms with Gasteiger partial charge in [-0.2, -0.15) is 0 Å². The third kappa shape index (κ3) is 6.60. The molecule has 1 aromatic heterocycles. The lowest BCUT2D eigenvalue weighted by molar-refractivity contribution is 0.0923. The highest BCUT2D eigenvalue weighted by atomic mass is 16.2. The van der Waals surface area contributed by atoms with Gasteiger partial charge in [-0.05, 0) is 81.8 Å². The van der Waals surface area contributed by atoms with Crippen LogP contribution in [0.3, 0.4) is 0 Å². The molecule has 10 heteroatoms. The molecule has 3 atom stereocenters. The van der Waals surface area contributed by atoms with Crippen molar-refractivity contribution in [2.45, 2.75) is 63.1 Å². The Kier molecular flexibility index (Phi) is 8.44. The molecule has 2 bridgehead atoms. The SMILES string of the molecule is CN1CCN(CCC(=O)c2ccc(N3[C@@H]4CC[C@H]3CC(NC(=O)c3ccc(C(N)=O)c(NCC5CC5)c3)C4)nc2)CC1. The third-order valence-corrected chi connectivity index (χ3v) is 9.48. The molecular formula is C32H43N7O3. The zero-order valence-corrected chi connectivity index (χ0v) is 24.6. The summed E-state index contributed by atoms with van der Waals surface area (Å²) in [5.41, 5.74) is 7.82. The van der Waals surface area contributed by atoms with Crippen molar-refractivity contribution in [3.05, 3.63) is 53.2 Å². The van der Waals surface area contributed by atoms with E-state index in [2.05, 4.69) is 32.4 Å². The number of primary amides is 1. The maximum absolute atomic E-state index is 13.2. The van der Waals surface area contributed by atoms with Crippen LogP contribution in [-0.4, -0.2) is 96.8 Å². The Labute approximate surface area is 248 Å². The van der Waals surface area contributed by atoms with Gasteiger partial charge < -0.3 is 31.1 Å². The highest BCUT2D eigenvalue weighted by molar-refractivity contribution is 6.02. The van der Waals surface area contributed by atoms with E-state index in [4.69, 9.17) is 10.7 Å². The Morgan fingerprint density at radius 2 is 1.67 bits per heavy atom. The van der Waals surface area contributed by atoms with Crippen molar-refractivity contribution in [1.82, 2.24) is 20.1 Å². The van der Waals surface area contributed by atoms with Gasteiger partial charge in [0.25, 0.3) is 11.8 Å². The molecular weight excluding hydrogens is 530 g/mol. The summed E-state index contributed by atoms with van der Waals surface area (Å²) >= 11 is 0. The van der Waals surface area contributed by atoms with Crippen LogP contribution in [0.15, 0.2) is 36.5 Å². The van der Waals surface area contributed by atoms with Crippen molar-refractivity contribution in [2.75, 3.05) is 56.5 Å². The van der Waals surface area contributed by atoms with Gasteiger partial charge in [0, 0.05) is 86.8 Å². The summed E-state index contributed by atoms with van der Waals surface area (Å²) < 4.78 is 0. The molecule has 10 nitrogen and oxygen atoms in total. The minimum atomic E-state index is -0.499. The number of nitrogens with zero attached hydrogens (tertiary/aromatic N) is 4. The summed E-state index contributed by atoms with van der Waals surface area (Å²) in [5.74, 6) is 1.06. The van der Waals surface area contributed by atoms with Crippen molar-refractivity contribution in [2.24, 2.45) is 11.7 Å². The van der Waals surface area contributed by atoms with Crippen molar-refractivity contribution in [3.63, 3.8) is 0 Å². The molecule has 6 rings (SSSR count). The predicted molar refractivity (Wildman–Crippen MR) is 163 cm³/mol. The van der Waals surface area contributed by atoms with Gasteiger partial charge in [-0.15, -0.1) is 0 Å². The number of hydrogen-bond donors (Lipinski definition) is 3. The number of nitrogens with two attached hydrogens (primary N) is 1. The molecule has 42 heavy (non-hydrogen) atoms. The molecule has 1 aromatic carbocycles. The molecule has 2 aromatic rings. The lowest BCUT2D eigenvalue weighted by atomic mass is 9.96. The van der Waals surface area contributed by atoms with Gasteiger partial charge in [-0.25, -0.2) is 4.98 Å². The third-order valence-electron chi connectivity index (χ3n) is 9.48. The molecule has 1 aliphatic carbocycles. The van der Waals surface area contributed by atoms with E-state index in [-0.39, 0.29) is 17.7 Å². The Morgan fingerprint density at radius 1 is 0.952 bits per heavy atom. The van der Waals surface area contributed by atoms with Crippen LogP contribution in [0.1, 0.15) is 76.0 Å². The number of Topliss-reactive ketones (excluding diaryl/α,β-unsaturated/α-hetero) is 1. The minimum Gasteiger partial charge on any atom is -0.384 e. The van der Waals surface area contributed by atoms with Crippen molar-refractivity contribution >= 4 is 29.1 Å². The largest absolute Gasteiger partial charge is 0.384 e. The van der Waals surface area contributed by atoms with Crippen LogP contribution >= 0.6 is 0 Å². The Balaban J connectivity index is 1.03. The number of piperidine rings is 1. The standard InChI is InChI=1S/C32H43N7O3/c1-37-12-14-38(15-13-37)11-10-29(40)23-5-9-30(35-20-23)39-25-6-7-26(39)18-24(17-25)36-32(42)22-4-8-27(31(33)41)28(16-22)34-19-21-2-3-21/h4-5,8-9,16,20-21,24-26,34H,2-3,6-7,10-15,17-19H2,1H3,(H2,33,41)(H,36,42)/t24?,25-,26+. The maximum atomic E-state index is 13.2. The van der Waals surface area contributed by atoms with Gasteiger partial charge in [0.05, 0.1) is 5.56 Å². The summed E-state index contributed by atoms with van der Waals surface area (Å²) in [6, 6.07) is 9.66. The first kappa shape index (κ1) is 28.6. The van der Waals surface area contributed by atoms with Crippen molar-refractivity contribution in [1.29, 1.82) is 0 Å². The Morgan fingerprint density at radius 3 is 2.31 bits per heavy atom. The van der Waals surface area contributed by atoms with E-state index in [1.165, 1.54) is 12.8 Å². The summed E-state index contributed by atoms with van der Waals surface area (Å²) in [4.78, 5) is 49.8. The first-order chi connectivity index (χ1) is 20.3. The molecule has 0 radical (unpaired) electrons. The Hall–Kier alpha value is -3.50. The second kappa shape index (κ2) is 12.4. The van der Waals surface area contributed by atoms with Crippen LogP contribution in [0, 0.1) is 5.92 Å². The lowest BCUT2D eigenvalue weighted by Crippen LogP contribution is -2.50. The zero-order valence-electron chi connectivity index (χ0n) is 24.6. The van der Waals surface area contributed by atoms with E-state index in [9.17, 15) is 14.4 Å². The molecule has 4 aliphatic rings. The van der Waals surface area contributed by atoms with Gasteiger partial charge in [0.15, 0.2) is 5.78 Å². The average molecular weight is 574 g/mol. The van der Waals surface area contributed by atoms with Gasteiger partial charge >= 0.3 is 0 Å². The second-order valence-corrected chi connectivity index (χ2v) is 12.6.